The van der Waals surface area contributed by atoms with Crippen LogP contribution in [-0.4, -0.2) is 84.1 Å². The number of carbonyl (C=O) groups excluding carboxylic acids is 1. The van der Waals surface area contributed by atoms with E-state index in [0.29, 0.717) is 40.1 Å². The van der Waals surface area contributed by atoms with Crippen molar-refractivity contribution >= 4 is 49.3 Å². The zero-order valence-corrected chi connectivity index (χ0v) is 21.2. The Bertz CT molecular complexity index is 1390. The average Bonchev–Trinajstić information content (AvgIpc) is 3.30. The van der Waals surface area contributed by atoms with Crippen molar-refractivity contribution in [3.8, 4) is 11.5 Å². The van der Waals surface area contributed by atoms with E-state index in [9.17, 15) is 4.79 Å². The number of para-hydroxylation sites is 1. The number of ether oxygens (including phenoxy) is 2. The molecule has 4 aromatic rings. The molecule has 10 nitrogen and oxygen atoms in total. The van der Waals surface area contributed by atoms with Crippen LogP contribution in [-0.2, 0) is 0 Å². The molecule has 3 heterocycles. The molecule has 3 N–H and O–H groups in total. The van der Waals surface area contributed by atoms with Crippen LogP contribution in [0, 0.1) is 0 Å². The van der Waals surface area contributed by atoms with E-state index in [1.54, 1.807) is 19.2 Å². The van der Waals surface area contributed by atoms with Crippen molar-refractivity contribution in [3.63, 3.8) is 0 Å². The third-order valence-corrected chi connectivity index (χ3v) is 7.24. The molecular weight excluding hydrogens is 478 g/mol. The van der Waals surface area contributed by atoms with Gasteiger partial charge in [0.25, 0.3) is 5.91 Å². The first-order valence-corrected chi connectivity index (χ1v) is 12.7. The Morgan fingerprint density at radius 2 is 2.00 bits per heavy atom. The molecule has 0 unspecified atom stereocenters. The number of nitrogens with zero attached hydrogens (tertiary/aromatic N) is 5. The van der Waals surface area contributed by atoms with Crippen LogP contribution in [0.15, 0.2) is 36.7 Å². The third kappa shape index (κ3) is 5.18. The quantitative estimate of drug-likeness (QED) is 0.329. The number of nitrogens with two attached hydrogens (primary N) is 1. The Labute approximate surface area is 213 Å². The second-order valence-corrected chi connectivity index (χ2v) is 9.78. The van der Waals surface area contributed by atoms with Gasteiger partial charge >= 0.3 is 0 Å². The number of aromatic nitrogens is 3. The molecule has 2 aromatic heterocycles. The number of rotatable bonds is 9. The first-order valence-electron chi connectivity index (χ1n) is 11.8. The van der Waals surface area contributed by atoms with Crippen LogP contribution < -0.4 is 20.5 Å². The van der Waals surface area contributed by atoms with E-state index in [4.69, 9.17) is 15.2 Å². The largest absolute Gasteiger partial charge is 0.493 e. The van der Waals surface area contributed by atoms with Crippen LogP contribution in [0.2, 0.25) is 0 Å². The van der Waals surface area contributed by atoms with E-state index < -0.39 is 5.91 Å². The number of methoxy groups -OCH3 is 1. The van der Waals surface area contributed by atoms with Gasteiger partial charge in [-0.1, -0.05) is 17.4 Å². The van der Waals surface area contributed by atoms with Crippen LogP contribution in [0.3, 0.4) is 0 Å². The molecule has 1 aliphatic rings. The summed E-state index contributed by atoms with van der Waals surface area (Å²) >= 11 is 1.42. The molecule has 0 spiro atoms. The van der Waals surface area contributed by atoms with Crippen molar-refractivity contribution in [2.24, 2.45) is 5.73 Å². The summed E-state index contributed by atoms with van der Waals surface area (Å²) in [5.74, 6) is 1.34. The van der Waals surface area contributed by atoms with E-state index >= 15 is 0 Å². The number of nitrogens with one attached hydrogen (secondary N) is 1. The van der Waals surface area contributed by atoms with Crippen LogP contribution in [0.1, 0.15) is 16.8 Å². The highest BCUT2D eigenvalue weighted by molar-refractivity contribution is 7.22. The van der Waals surface area contributed by atoms with E-state index in [-0.39, 0.29) is 0 Å². The number of fused-ring (bicyclic) bond motifs is 2. The second kappa shape index (κ2) is 10.6. The maximum absolute atomic E-state index is 11.8. The standard InChI is InChI=1S/C25H29N7O3S/c1-31-8-10-32(11-9-31)7-4-12-35-20-14-18-17(13-19(20)34-2)24(28-15-27-18)30-25-29-22-16(23(26)33)5-3-6-21(22)36-25/h3,5-6,13-15H,4,7-12H2,1-2H3,(H2,26,33)(H,27,28,29,30). The summed E-state index contributed by atoms with van der Waals surface area (Å²) in [5.41, 5.74) is 7.19. The summed E-state index contributed by atoms with van der Waals surface area (Å²) in [4.78, 5) is 30.0. The van der Waals surface area contributed by atoms with Crippen molar-refractivity contribution in [2.75, 3.05) is 58.8 Å². The van der Waals surface area contributed by atoms with Crippen LogP contribution in [0.4, 0.5) is 10.9 Å². The van der Waals surface area contributed by atoms with Gasteiger partial charge in [0.1, 0.15) is 12.1 Å². The van der Waals surface area contributed by atoms with E-state index in [2.05, 4.69) is 37.1 Å². The van der Waals surface area contributed by atoms with Crippen molar-refractivity contribution in [2.45, 2.75) is 6.42 Å². The highest BCUT2D eigenvalue weighted by atomic mass is 32.1. The number of thiazole rings is 1. The van der Waals surface area contributed by atoms with Gasteiger partial charge in [-0.15, -0.1) is 0 Å². The van der Waals surface area contributed by atoms with Gasteiger partial charge in [0.15, 0.2) is 16.6 Å². The molecule has 11 heteroatoms. The van der Waals surface area contributed by atoms with Gasteiger partial charge in [0, 0.05) is 44.2 Å². The Morgan fingerprint density at radius 1 is 1.17 bits per heavy atom. The fourth-order valence-electron chi connectivity index (χ4n) is 4.28. The summed E-state index contributed by atoms with van der Waals surface area (Å²) in [6.45, 7) is 6.03. The van der Waals surface area contributed by atoms with E-state index in [1.807, 2.05) is 18.2 Å². The number of benzene rings is 2. The molecule has 0 saturated carbocycles. The van der Waals surface area contributed by atoms with Crippen molar-refractivity contribution in [1.29, 1.82) is 0 Å². The smallest absolute Gasteiger partial charge is 0.250 e. The highest BCUT2D eigenvalue weighted by Gasteiger charge is 2.16. The van der Waals surface area contributed by atoms with Gasteiger partial charge < -0.3 is 30.3 Å². The number of likely N-dealkylation sites (N-methyl/N-ethyl adjacent to an activating group) is 1. The lowest BCUT2D eigenvalue weighted by Gasteiger charge is -2.32. The number of hydrogen-bond donors (Lipinski definition) is 2. The molecular formula is C25H29N7O3S. The number of amides is 1. The van der Waals surface area contributed by atoms with Gasteiger partial charge in [0.05, 0.1) is 35.0 Å². The van der Waals surface area contributed by atoms with Gasteiger partial charge in [-0.3, -0.25) is 4.79 Å². The SMILES string of the molecule is COc1cc2c(Nc3nc4c(C(N)=O)cccc4s3)ncnc2cc1OCCCN1CCN(C)CC1. The number of anilines is 2. The zero-order chi connectivity index (χ0) is 25.1. The van der Waals surface area contributed by atoms with Crippen LogP contribution in [0.25, 0.3) is 21.1 Å². The maximum atomic E-state index is 11.8. The molecule has 5 rings (SSSR count). The summed E-state index contributed by atoms with van der Waals surface area (Å²) in [6, 6.07) is 9.11. The summed E-state index contributed by atoms with van der Waals surface area (Å²) < 4.78 is 12.6. The Hall–Kier alpha value is -3.54. The highest BCUT2D eigenvalue weighted by Crippen LogP contribution is 2.36. The van der Waals surface area contributed by atoms with Crippen LogP contribution in [0.5, 0.6) is 11.5 Å². The third-order valence-electron chi connectivity index (χ3n) is 6.30. The van der Waals surface area contributed by atoms with Gasteiger partial charge in [-0.25, -0.2) is 15.0 Å². The Balaban J connectivity index is 1.32. The van der Waals surface area contributed by atoms with Gasteiger partial charge in [0.2, 0.25) is 0 Å². The lowest BCUT2D eigenvalue weighted by atomic mass is 10.2. The Morgan fingerprint density at radius 3 is 2.78 bits per heavy atom. The summed E-state index contributed by atoms with van der Waals surface area (Å²) in [5, 5.41) is 4.63. The number of primary amides is 1. The molecule has 188 valence electrons. The topological polar surface area (TPSA) is 119 Å². The first kappa shape index (κ1) is 24.2. The van der Waals surface area contributed by atoms with E-state index in [1.165, 1.54) is 17.7 Å². The second-order valence-electron chi connectivity index (χ2n) is 8.75. The minimum atomic E-state index is -0.509. The number of hydrogen-bond acceptors (Lipinski definition) is 10. The molecule has 36 heavy (non-hydrogen) atoms. The normalized spacial score (nSPS) is 14.8. The Kier molecular flexibility index (Phi) is 7.12. The minimum absolute atomic E-state index is 0.389. The molecule has 2 aromatic carbocycles. The molecule has 1 amide bonds. The summed E-state index contributed by atoms with van der Waals surface area (Å²) in [7, 11) is 3.78. The molecule has 1 aliphatic heterocycles. The monoisotopic (exact) mass is 507 g/mol. The van der Waals surface area contributed by atoms with Crippen molar-refractivity contribution in [1.82, 2.24) is 24.8 Å². The van der Waals surface area contributed by atoms with Crippen LogP contribution >= 0.6 is 11.3 Å². The molecule has 0 aliphatic carbocycles. The molecule has 1 saturated heterocycles. The van der Waals surface area contributed by atoms with Crippen molar-refractivity contribution < 1.29 is 14.3 Å². The summed E-state index contributed by atoms with van der Waals surface area (Å²) in [6.07, 6.45) is 2.43. The van der Waals surface area contributed by atoms with Gasteiger partial charge in [-0.05, 0) is 31.7 Å². The predicted octanol–water partition coefficient (Wildman–Crippen LogP) is 3.11. The lowest BCUT2D eigenvalue weighted by molar-refractivity contribution is 0.100. The number of carbonyl (C=O) groups is 1. The maximum Gasteiger partial charge on any atom is 0.250 e. The lowest BCUT2D eigenvalue weighted by Crippen LogP contribution is -2.44. The fourth-order valence-corrected chi connectivity index (χ4v) is 5.17. The number of piperazine rings is 1. The average molecular weight is 508 g/mol. The minimum Gasteiger partial charge on any atom is -0.493 e. The predicted molar refractivity (Wildman–Crippen MR) is 142 cm³/mol. The van der Waals surface area contributed by atoms with Gasteiger partial charge in [-0.2, -0.15) is 0 Å². The zero-order valence-electron chi connectivity index (χ0n) is 20.4. The van der Waals surface area contributed by atoms with Crippen molar-refractivity contribution in [3.05, 3.63) is 42.2 Å². The molecule has 0 radical (unpaired) electrons. The fraction of sp³-hybridized carbons (Fsp3) is 0.360. The molecule has 0 bridgehead atoms. The molecule has 1 fully saturated rings. The first-order chi connectivity index (χ1) is 17.5. The molecule has 0 atom stereocenters. The van der Waals surface area contributed by atoms with E-state index in [0.717, 1.165) is 54.7 Å².